The Morgan fingerprint density at radius 3 is 3.00 bits per heavy atom. The smallest absolute Gasteiger partial charge is 0.183 e. The number of para-hydroxylation sites is 1. The maximum atomic E-state index is 5.51. The van der Waals surface area contributed by atoms with Crippen molar-refractivity contribution < 1.29 is 4.74 Å². The lowest BCUT2D eigenvalue weighted by atomic mass is 10.0. The van der Waals surface area contributed by atoms with Gasteiger partial charge in [0.2, 0.25) is 0 Å². The lowest BCUT2D eigenvalue weighted by molar-refractivity contribution is 0.319. The van der Waals surface area contributed by atoms with E-state index in [9.17, 15) is 0 Å². The third-order valence-corrected chi connectivity index (χ3v) is 3.63. The second-order valence-electron chi connectivity index (χ2n) is 4.76. The molecule has 0 N–H and O–H groups in total. The average Bonchev–Trinajstić information content (AvgIpc) is 2.96. The molecular weight excluding hydrogens is 224 g/mol. The number of nitrogens with zero attached hydrogens (tertiary/aromatic N) is 2. The zero-order chi connectivity index (χ0) is 12.5. The molecule has 1 aromatic heterocycles. The van der Waals surface area contributed by atoms with Crippen molar-refractivity contribution in [2.45, 2.75) is 19.3 Å². The monoisotopic (exact) mass is 242 g/mol. The van der Waals surface area contributed by atoms with Gasteiger partial charge in [-0.05, 0) is 24.4 Å². The van der Waals surface area contributed by atoms with E-state index < -0.39 is 0 Å². The normalized spacial score (nSPS) is 19.2. The number of benzene rings is 1. The molecule has 3 nitrogen and oxygen atoms in total. The molecule has 2 aromatic rings. The fourth-order valence-electron chi connectivity index (χ4n) is 2.72. The maximum absolute atomic E-state index is 5.51. The summed E-state index contributed by atoms with van der Waals surface area (Å²) in [5, 5.41) is 1.31. The number of hydrogen-bond donors (Lipinski definition) is 0. The summed E-state index contributed by atoms with van der Waals surface area (Å²) in [7, 11) is 2.14. The molecule has 18 heavy (non-hydrogen) atoms. The average molecular weight is 242 g/mol. The fraction of sp³-hybridized carbons (Fsp3) is 0.400. The standard InChI is InChI=1S/C15H18N2O/c1-3-18-15-9-12(10-16-15)14-8-11-6-4-5-7-13(11)17(14)2/h4-8,12H,3,9-10H2,1-2H3. The summed E-state index contributed by atoms with van der Waals surface area (Å²) in [5.74, 6) is 1.37. The van der Waals surface area contributed by atoms with Crippen LogP contribution in [0.1, 0.15) is 25.0 Å². The first kappa shape index (κ1) is 11.3. The summed E-state index contributed by atoms with van der Waals surface area (Å²) in [6.07, 6.45) is 0.929. The lowest BCUT2D eigenvalue weighted by Crippen LogP contribution is -2.07. The highest BCUT2D eigenvalue weighted by Gasteiger charge is 2.24. The van der Waals surface area contributed by atoms with Crippen LogP contribution in [-0.4, -0.2) is 23.6 Å². The summed E-state index contributed by atoms with van der Waals surface area (Å²) >= 11 is 0. The third-order valence-electron chi connectivity index (χ3n) is 3.63. The van der Waals surface area contributed by atoms with E-state index in [1.807, 2.05) is 6.92 Å². The Kier molecular flexibility index (Phi) is 2.82. The highest BCUT2D eigenvalue weighted by Crippen LogP contribution is 2.30. The van der Waals surface area contributed by atoms with Crippen LogP contribution in [0.3, 0.4) is 0 Å². The number of aliphatic imine (C=N–C) groups is 1. The van der Waals surface area contributed by atoms with Gasteiger partial charge in [-0.1, -0.05) is 18.2 Å². The Morgan fingerprint density at radius 1 is 1.39 bits per heavy atom. The molecule has 0 aliphatic carbocycles. The molecule has 0 saturated carbocycles. The number of fused-ring (bicyclic) bond motifs is 1. The Balaban J connectivity index is 1.90. The minimum absolute atomic E-state index is 0.462. The van der Waals surface area contributed by atoms with E-state index in [-0.39, 0.29) is 0 Å². The fourth-order valence-corrected chi connectivity index (χ4v) is 2.72. The van der Waals surface area contributed by atoms with Gasteiger partial charge in [0, 0.05) is 30.6 Å². The first-order chi connectivity index (χ1) is 8.79. The van der Waals surface area contributed by atoms with Gasteiger partial charge in [-0.2, -0.15) is 0 Å². The van der Waals surface area contributed by atoms with Gasteiger partial charge >= 0.3 is 0 Å². The molecule has 0 spiro atoms. The highest BCUT2D eigenvalue weighted by molar-refractivity contribution is 5.83. The van der Waals surface area contributed by atoms with E-state index in [1.54, 1.807) is 0 Å². The van der Waals surface area contributed by atoms with Gasteiger partial charge < -0.3 is 9.30 Å². The van der Waals surface area contributed by atoms with Crippen LogP contribution in [0.4, 0.5) is 0 Å². The van der Waals surface area contributed by atoms with E-state index in [4.69, 9.17) is 4.74 Å². The van der Waals surface area contributed by atoms with Crippen LogP contribution < -0.4 is 0 Å². The first-order valence-corrected chi connectivity index (χ1v) is 6.50. The van der Waals surface area contributed by atoms with Crippen LogP contribution in [0.15, 0.2) is 35.3 Å². The van der Waals surface area contributed by atoms with Crippen molar-refractivity contribution >= 4 is 16.8 Å². The molecule has 0 fully saturated rings. The number of aromatic nitrogens is 1. The van der Waals surface area contributed by atoms with Crippen LogP contribution in [0.5, 0.6) is 0 Å². The van der Waals surface area contributed by atoms with Gasteiger partial charge in [-0.25, -0.2) is 0 Å². The second-order valence-corrected chi connectivity index (χ2v) is 4.76. The molecule has 1 unspecified atom stereocenters. The van der Waals surface area contributed by atoms with E-state index in [0.29, 0.717) is 12.5 Å². The Hall–Kier alpha value is -1.77. The molecule has 1 aromatic carbocycles. The predicted molar refractivity (Wildman–Crippen MR) is 74.2 cm³/mol. The largest absolute Gasteiger partial charge is 0.481 e. The number of rotatable bonds is 2. The third kappa shape index (κ3) is 1.80. The number of ether oxygens (including phenoxy) is 1. The van der Waals surface area contributed by atoms with Crippen LogP contribution in [0, 0.1) is 0 Å². The van der Waals surface area contributed by atoms with E-state index in [0.717, 1.165) is 18.9 Å². The SMILES string of the molecule is CCOC1=NCC(c2cc3ccccc3n2C)C1. The molecule has 0 amide bonds. The molecule has 0 bridgehead atoms. The maximum Gasteiger partial charge on any atom is 0.183 e. The molecule has 2 heterocycles. The predicted octanol–water partition coefficient (Wildman–Crippen LogP) is 3.10. The van der Waals surface area contributed by atoms with Crippen molar-refractivity contribution in [3.63, 3.8) is 0 Å². The Bertz CT molecular complexity index is 598. The molecule has 3 heteroatoms. The lowest BCUT2D eigenvalue weighted by Gasteiger charge is -2.10. The topological polar surface area (TPSA) is 26.5 Å². The second kappa shape index (κ2) is 4.48. The zero-order valence-corrected chi connectivity index (χ0v) is 10.9. The Morgan fingerprint density at radius 2 is 2.22 bits per heavy atom. The van der Waals surface area contributed by atoms with Gasteiger partial charge in [0.25, 0.3) is 0 Å². The Labute approximate surface area is 107 Å². The molecule has 1 atom stereocenters. The summed E-state index contributed by atoms with van der Waals surface area (Å²) in [6, 6.07) is 10.8. The molecule has 0 radical (unpaired) electrons. The molecule has 3 rings (SSSR count). The highest BCUT2D eigenvalue weighted by atomic mass is 16.5. The van der Waals surface area contributed by atoms with Crippen LogP contribution in [0.25, 0.3) is 10.9 Å². The van der Waals surface area contributed by atoms with Crippen LogP contribution in [0.2, 0.25) is 0 Å². The van der Waals surface area contributed by atoms with Crippen LogP contribution >= 0.6 is 0 Å². The van der Waals surface area contributed by atoms with Crippen molar-refractivity contribution in [2.75, 3.05) is 13.2 Å². The van der Waals surface area contributed by atoms with Gasteiger partial charge in [0.05, 0.1) is 13.2 Å². The van der Waals surface area contributed by atoms with Crippen molar-refractivity contribution in [3.05, 3.63) is 36.0 Å². The van der Waals surface area contributed by atoms with Gasteiger partial charge in [0.15, 0.2) is 5.90 Å². The summed E-state index contributed by atoms with van der Waals surface area (Å²) < 4.78 is 7.79. The van der Waals surface area contributed by atoms with E-state index in [2.05, 4.69) is 46.9 Å². The number of aryl methyl sites for hydroxylation is 1. The number of hydrogen-bond acceptors (Lipinski definition) is 2. The van der Waals surface area contributed by atoms with E-state index >= 15 is 0 Å². The van der Waals surface area contributed by atoms with Gasteiger partial charge in [-0.3, -0.25) is 4.99 Å². The summed E-state index contributed by atoms with van der Waals surface area (Å²) in [6.45, 7) is 3.56. The zero-order valence-electron chi connectivity index (χ0n) is 10.9. The first-order valence-electron chi connectivity index (χ1n) is 6.50. The quantitative estimate of drug-likeness (QED) is 0.794. The van der Waals surface area contributed by atoms with Crippen molar-refractivity contribution in [1.29, 1.82) is 0 Å². The molecule has 94 valence electrons. The van der Waals surface area contributed by atoms with Crippen molar-refractivity contribution in [1.82, 2.24) is 4.57 Å². The minimum Gasteiger partial charge on any atom is -0.481 e. The van der Waals surface area contributed by atoms with Gasteiger partial charge in [0.1, 0.15) is 0 Å². The van der Waals surface area contributed by atoms with Crippen molar-refractivity contribution in [3.8, 4) is 0 Å². The summed E-state index contributed by atoms with van der Waals surface area (Å²) in [5.41, 5.74) is 2.65. The van der Waals surface area contributed by atoms with E-state index in [1.165, 1.54) is 16.6 Å². The minimum atomic E-state index is 0.462. The molecule has 0 saturated heterocycles. The molecular formula is C15H18N2O. The molecule has 1 aliphatic rings. The van der Waals surface area contributed by atoms with Crippen LogP contribution in [-0.2, 0) is 11.8 Å². The summed E-state index contributed by atoms with van der Waals surface area (Å²) in [4.78, 5) is 4.48. The van der Waals surface area contributed by atoms with Gasteiger partial charge in [-0.15, -0.1) is 0 Å². The molecule has 1 aliphatic heterocycles. The van der Waals surface area contributed by atoms with Crippen molar-refractivity contribution in [2.24, 2.45) is 12.0 Å².